The zero-order valence-electron chi connectivity index (χ0n) is 10.3. The van der Waals surface area contributed by atoms with Crippen LogP contribution < -0.4 is 4.74 Å². The first-order chi connectivity index (χ1) is 9.22. The number of rotatable bonds is 3. The fourth-order valence-corrected chi connectivity index (χ4v) is 2.40. The third kappa shape index (κ3) is 2.45. The molecule has 1 unspecified atom stereocenters. The van der Waals surface area contributed by atoms with E-state index < -0.39 is 5.97 Å². The van der Waals surface area contributed by atoms with Crippen LogP contribution in [0.2, 0.25) is 0 Å². The number of hydrogen-bond donors (Lipinski definition) is 1. The van der Waals surface area contributed by atoms with Gasteiger partial charge in [0.1, 0.15) is 5.75 Å². The summed E-state index contributed by atoms with van der Waals surface area (Å²) in [5.41, 5.74) is 1.28. The summed E-state index contributed by atoms with van der Waals surface area (Å²) in [7, 11) is 0. The highest BCUT2D eigenvalue weighted by Crippen LogP contribution is 2.28. The Balaban J connectivity index is 1.78. The van der Waals surface area contributed by atoms with Gasteiger partial charge in [0.15, 0.2) is 0 Å². The molecule has 98 valence electrons. The second-order valence-corrected chi connectivity index (χ2v) is 4.77. The molecular formula is C14H14N2O3. The van der Waals surface area contributed by atoms with E-state index in [4.69, 9.17) is 9.84 Å². The van der Waals surface area contributed by atoms with Crippen molar-refractivity contribution in [2.75, 3.05) is 6.61 Å². The zero-order valence-corrected chi connectivity index (χ0v) is 10.3. The van der Waals surface area contributed by atoms with Crippen molar-refractivity contribution in [1.29, 1.82) is 0 Å². The van der Waals surface area contributed by atoms with Gasteiger partial charge >= 0.3 is 5.97 Å². The van der Waals surface area contributed by atoms with E-state index in [0.29, 0.717) is 18.1 Å². The molecule has 5 nitrogen and oxygen atoms in total. The number of fused-ring (bicyclic) bond motifs is 1. The second kappa shape index (κ2) is 4.76. The third-order valence-electron chi connectivity index (χ3n) is 3.32. The molecule has 1 N–H and O–H groups in total. The van der Waals surface area contributed by atoms with Gasteiger partial charge in [0.2, 0.25) is 0 Å². The molecule has 0 aliphatic carbocycles. The zero-order chi connectivity index (χ0) is 13.2. The number of carboxylic acids is 1. The van der Waals surface area contributed by atoms with E-state index in [1.807, 2.05) is 10.8 Å². The van der Waals surface area contributed by atoms with Crippen LogP contribution in [0.25, 0.3) is 0 Å². The molecule has 1 aliphatic heterocycles. The molecule has 2 heterocycles. The Bertz CT molecular complexity index is 593. The highest BCUT2D eigenvalue weighted by atomic mass is 16.5. The van der Waals surface area contributed by atoms with Crippen LogP contribution in [0.15, 0.2) is 36.9 Å². The minimum Gasteiger partial charge on any atom is -0.493 e. The van der Waals surface area contributed by atoms with Crippen molar-refractivity contribution in [3.63, 3.8) is 0 Å². The molecular weight excluding hydrogens is 244 g/mol. The molecule has 0 saturated heterocycles. The Morgan fingerprint density at radius 1 is 1.53 bits per heavy atom. The highest BCUT2D eigenvalue weighted by molar-refractivity contribution is 5.88. The number of carboxylic acid groups (broad SMARTS) is 1. The quantitative estimate of drug-likeness (QED) is 0.912. The fourth-order valence-electron chi connectivity index (χ4n) is 2.40. The molecule has 0 spiro atoms. The summed E-state index contributed by atoms with van der Waals surface area (Å²) in [5, 5.41) is 9.01. The first-order valence-electron chi connectivity index (χ1n) is 6.17. The van der Waals surface area contributed by atoms with Gasteiger partial charge in [-0.25, -0.2) is 9.78 Å². The van der Waals surface area contributed by atoms with Crippen LogP contribution in [-0.4, -0.2) is 27.2 Å². The van der Waals surface area contributed by atoms with Gasteiger partial charge in [-0.2, -0.15) is 0 Å². The van der Waals surface area contributed by atoms with E-state index in [1.54, 1.807) is 30.7 Å². The SMILES string of the molecule is O=C(O)c1ccc2c(c1)CC(Cn1ccnc1)CO2. The first kappa shape index (κ1) is 11.8. The average molecular weight is 258 g/mol. The standard InChI is InChI=1S/C14H14N2O3/c17-14(18)11-1-2-13-12(6-11)5-10(8-19-13)7-16-4-3-15-9-16/h1-4,6,9-10H,5,7-8H2,(H,17,18). The topological polar surface area (TPSA) is 64.3 Å². The summed E-state index contributed by atoms with van der Waals surface area (Å²) < 4.78 is 7.71. The highest BCUT2D eigenvalue weighted by Gasteiger charge is 2.21. The summed E-state index contributed by atoms with van der Waals surface area (Å²) in [5.74, 6) is 0.233. The number of imidazole rings is 1. The number of carbonyl (C=O) groups is 1. The van der Waals surface area contributed by atoms with Gasteiger partial charge in [-0.15, -0.1) is 0 Å². The van der Waals surface area contributed by atoms with E-state index in [-0.39, 0.29) is 0 Å². The maximum absolute atomic E-state index is 11.0. The molecule has 2 aromatic rings. The summed E-state index contributed by atoms with van der Waals surface area (Å²) in [6.45, 7) is 1.48. The fraction of sp³-hybridized carbons (Fsp3) is 0.286. The smallest absolute Gasteiger partial charge is 0.335 e. The van der Waals surface area contributed by atoms with Gasteiger partial charge in [-0.05, 0) is 30.2 Å². The molecule has 0 fully saturated rings. The number of ether oxygens (including phenoxy) is 1. The Labute approximate surface area is 110 Å². The van der Waals surface area contributed by atoms with Crippen molar-refractivity contribution >= 4 is 5.97 Å². The van der Waals surface area contributed by atoms with E-state index >= 15 is 0 Å². The van der Waals surface area contributed by atoms with Crippen LogP contribution in [0.3, 0.4) is 0 Å². The normalized spacial score (nSPS) is 17.6. The van der Waals surface area contributed by atoms with E-state index in [9.17, 15) is 4.79 Å². The molecule has 0 radical (unpaired) electrons. The number of aromatic carboxylic acids is 1. The first-order valence-corrected chi connectivity index (χ1v) is 6.17. The lowest BCUT2D eigenvalue weighted by Gasteiger charge is -2.25. The molecule has 1 aromatic carbocycles. The van der Waals surface area contributed by atoms with Crippen molar-refractivity contribution in [2.45, 2.75) is 13.0 Å². The number of aromatic nitrogens is 2. The molecule has 19 heavy (non-hydrogen) atoms. The average Bonchev–Trinajstić information content (AvgIpc) is 2.90. The predicted octanol–water partition coefficient (Wildman–Crippen LogP) is 1.83. The van der Waals surface area contributed by atoms with Crippen LogP contribution in [0.1, 0.15) is 15.9 Å². The molecule has 1 aliphatic rings. The van der Waals surface area contributed by atoms with Gasteiger partial charge in [-0.3, -0.25) is 0 Å². The van der Waals surface area contributed by atoms with Gasteiger partial charge in [0, 0.05) is 24.9 Å². The molecule has 0 saturated carbocycles. The molecule has 0 amide bonds. The van der Waals surface area contributed by atoms with Gasteiger partial charge in [-0.1, -0.05) is 0 Å². The maximum Gasteiger partial charge on any atom is 0.335 e. The number of benzene rings is 1. The lowest BCUT2D eigenvalue weighted by molar-refractivity contribution is 0.0696. The van der Waals surface area contributed by atoms with Crippen LogP contribution in [-0.2, 0) is 13.0 Å². The Morgan fingerprint density at radius 3 is 3.16 bits per heavy atom. The number of hydrogen-bond acceptors (Lipinski definition) is 3. The van der Waals surface area contributed by atoms with Crippen molar-refractivity contribution in [2.24, 2.45) is 5.92 Å². The monoisotopic (exact) mass is 258 g/mol. The second-order valence-electron chi connectivity index (χ2n) is 4.77. The summed E-state index contributed by atoms with van der Waals surface area (Å²) in [4.78, 5) is 15.0. The molecule has 3 rings (SSSR count). The lowest BCUT2D eigenvalue weighted by atomic mass is 9.95. The van der Waals surface area contributed by atoms with Crippen LogP contribution in [0.5, 0.6) is 5.75 Å². The van der Waals surface area contributed by atoms with Gasteiger partial charge in [0.05, 0.1) is 18.5 Å². The molecule has 5 heteroatoms. The Hall–Kier alpha value is -2.30. The van der Waals surface area contributed by atoms with E-state index in [1.165, 1.54) is 0 Å². The van der Waals surface area contributed by atoms with Gasteiger partial charge in [0.25, 0.3) is 0 Å². The summed E-state index contributed by atoms with van der Waals surface area (Å²) in [6.07, 6.45) is 6.28. The summed E-state index contributed by atoms with van der Waals surface area (Å²) >= 11 is 0. The third-order valence-corrected chi connectivity index (χ3v) is 3.32. The largest absolute Gasteiger partial charge is 0.493 e. The lowest BCUT2D eigenvalue weighted by Crippen LogP contribution is -2.25. The summed E-state index contributed by atoms with van der Waals surface area (Å²) in [6, 6.07) is 5.03. The van der Waals surface area contributed by atoms with E-state index in [2.05, 4.69) is 4.98 Å². The molecule has 1 aromatic heterocycles. The predicted molar refractivity (Wildman–Crippen MR) is 68.3 cm³/mol. The van der Waals surface area contributed by atoms with Crippen molar-refractivity contribution in [3.05, 3.63) is 48.0 Å². The Morgan fingerprint density at radius 2 is 2.42 bits per heavy atom. The Kier molecular flexibility index (Phi) is 2.95. The van der Waals surface area contributed by atoms with Crippen LogP contribution >= 0.6 is 0 Å². The minimum absolute atomic E-state index is 0.311. The van der Waals surface area contributed by atoms with Crippen molar-refractivity contribution in [1.82, 2.24) is 9.55 Å². The molecule has 1 atom stereocenters. The van der Waals surface area contributed by atoms with Crippen LogP contribution in [0.4, 0.5) is 0 Å². The van der Waals surface area contributed by atoms with Gasteiger partial charge < -0.3 is 14.4 Å². The van der Waals surface area contributed by atoms with Crippen LogP contribution in [0, 0.1) is 5.92 Å². The maximum atomic E-state index is 11.0. The van der Waals surface area contributed by atoms with E-state index in [0.717, 1.165) is 24.3 Å². The van der Waals surface area contributed by atoms with Crippen molar-refractivity contribution < 1.29 is 14.6 Å². The minimum atomic E-state index is -0.903. The number of nitrogens with zero attached hydrogens (tertiary/aromatic N) is 2. The van der Waals surface area contributed by atoms with Crippen molar-refractivity contribution in [3.8, 4) is 5.75 Å². The molecule has 0 bridgehead atoms.